The molecule has 5 nitrogen and oxygen atoms in total. The van der Waals surface area contributed by atoms with Gasteiger partial charge in [0.2, 0.25) is 5.91 Å². The van der Waals surface area contributed by atoms with Gasteiger partial charge in [0, 0.05) is 25.4 Å². The van der Waals surface area contributed by atoms with Crippen molar-refractivity contribution in [2.24, 2.45) is 23.5 Å². The Morgan fingerprint density at radius 2 is 1.88 bits per heavy atom. The molecule has 2 N–H and O–H groups in total. The van der Waals surface area contributed by atoms with Crippen LogP contribution in [0.2, 0.25) is 0 Å². The van der Waals surface area contributed by atoms with Crippen LogP contribution in [0, 0.1) is 17.8 Å². The van der Waals surface area contributed by atoms with Crippen LogP contribution in [0.1, 0.15) is 65.2 Å². The standard InChI is InChI=1S/C20H34N2O3/c1-13(2)14-5-7-17(8-6-14)25-12-19-18(21)4-3-9-22(19)20(24)15-10-16(23)11-15/h13-15,17-19H,3-12,21H2,1-2H3/t14-,17+,18-,19-/m0/s1. The Kier molecular flexibility index (Phi) is 6.16. The minimum Gasteiger partial charge on any atom is -0.376 e. The molecule has 2 saturated carbocycles. The van der Waals surface area contributed by atoms with Crippen molar-refractivity contribution in [2.45, 2.75) is 83.4 Å². The van der Waals surface area contributed by atoms with Gasteiger partial charge in [-0.05, 0) is 50.4 Å². The molecule has 0 radical (unpaired) electrons. The number of nitrogens with zero attached hydrogens (tertiary/aromatic N) is 1. The van der Waals surface area contributed by atoms with Crippen LogP contribution in [0.3, 0.4) is 0 Å². The molecule has 142 valence electrons. The van der Waals surface area contributed by atoms with Gasteiger partial charge in [0.15, 0.2) is 0 Å². The van der Waals surface area contributed by atoms with Crippen LogP contribution in [-0.2, 0) is 14.3 Å². The third kappa shape index (κ3) is 4.43. The van der Waals surface area contributed by atoms with E-state index in [0.29, 0.717) is 25.6 Å². The SMILES string of the molecule is CC(C)[C@H]1CC[C@@H](OC[C@H]2[C@@H](N)CCCN2C(=O)C2CC(=O)C2)CC1. The average molecular weight is 351 g/mol. The number of ether oxygens (including phenoxy) is 1. The monoisotopic (exact) mass is 350 g/mol. The molecule has 3 aliphatic rings. The summed E-state index contributed by atoms with van der Waals surface area (Å²) in [6.07, 6.45) is 7.76. The van der Waals surface area contributed by atoms with Crippen LogP contribution in [0.4, 0.5) is 0 Å². The molecule has 1 amide bonds. The molecule has 3 fully saturated rings. The van der Waals surface area contributed by atoms with Crippen LogP contribution < -0.4 is 5.73 Å². The summed E-state index contributed by atoms with van der Waals surface area (Å²) in [5.74, 6) is 1.79. The van der Waals surface area contributed by atoms with E-state index >= 15 is 0 Å². The number of ketones is 1. The van der Waals surface area contributed by atoms with Crippen molar-refractivity contribution in [3.8, 4) is 0 Å². The van der Waals surface area contributed by atoms with E-state index in [9.17, 15) is 9.59 Å². The van der Waals surface area contributed by atoms with Crippen molar-refractivity contribution in [3.05, 3.63) is 0 Å². The van der Waals surface area contributed by atoms with Gasteiger partial charge in [-0.25, -0.2) is 0 Å². The maximum atomic E-state index is 12.7. The predicted octanol–water partition coefficient (Wildman–Crippen LogP) is 2.52. The molecule has 1 heterocycles. The van der Waals surface area contributed by atoms with Gasteiger partial charge in [-0.2, -0.15) is 0 Å². The Hall–Kier alpha value is -0.940. The number of hydrogen-bond donors (Lipinski definition) is 1. The van der Waals surface area contributed by atoms with Crippen molar-refractivity contribution in [3.63, 3.8) is 0 Å². The molecule has 0 bridgehead atoms. The molecule has 0 aromatic carbocycles. The predicted molar refractivity (Wildman–Crippen MR) is 97.0 cm³/mol. The fourth-order valence-corrected chi connectivity index (χ4v) is 4.63. The third-order valence-corrected chi connectivity index (χ3v) is 6.58. The largest absolute Gasteiger partial charge is 0.376 e. The molecule has 3 rings (SSSR count). The van der Waals surface area contributed by atoms with Gasteiger partial charge in [0.1, 0.15) is 5.78 Å². The van der Waals surface area contributed by atoms with Crippen LogP contribution >= 0.6 is 0 Å². The lowest BCUT2D eigenvalue weighted by molar-refractivity contribution is -0.150. The maximum absolute atomic E-state index is 12.7. The Bertz CT molecular complexity index is 477. The number of nitrogens with two attached hydrogens (primary N) is 1. The number of hydrogen-bond acceptors (Lipinski definition) is 4. The maximum Gasteiger partial charge on any atom is 0.226 e. The molecule has 1 aliphatic heterocycles. The first-order chi connectivity index (χ1) is 12.0. The molecule has 1 saturated heterocycles. The third-order valence-electron chi connectivity index (χ3n) is 6.58. The molecule has 5 heteroatoms. The van der Waals surface area contributed by atoms with Gasteiger partial charge in [-0.15, -0.1) is 0 Å². The minimum absolute atomic E-state index is 0.0134. The summed E-state index contributed by atoms with van der Waals surface area (Å²) in [5.41, 5.74) is 6.33. The van der Waals surface area contributed by atoms with Crippen LogP contribution in [-0.4, -0.2) is 47.9 Å². The normalized spacial score (nSPS) is 34.2. The van der Waals surface area contributed by atoms with Crippen LogP contribution in [0.5, 0.6) is 0 Å². The Morgan fingerprint density at radius 1 is 1.20 bits per heavy atom. The molecule has 2 atom stereocenters. The summed E-state index contributed by atoms with van der Waals surface area (Å²) in [4.78, 5) is 25.9. The van der Waals surface area contributed by atoms with E-state index in [1.54, 1.807) is 0 Å². The fourth-order valence-electron chi connectivity index (χ4n) is 4.63. The number of carbonyl (C=O) groups excluding carboxylic acids is 2. The van der Waals surface area contributed by atoms with Gasteiger partial charge in [-0.1, -0.05) is 13.8 Å². The minimum atomic E-state index is -0.109. The summed E-state index contributed by atoms with van der Waals surface area (Å²) < 4.78 is 6.21. The van der Waals surface area contributed by atoms with Crippen molar-refractivity contribution in [1.29, 1.82) is 0 Å². The lowest BCUT2D eigenvalue weighted by atomic mass is 9.80. The summed E-state index contributed by atoms with van der Waals surface area (Å²) in [7, 11) is 0. The van der Waals surface area contributed by atoms with Crippen molar-refractivity contribution >= 4 is 11.7 Å². The summed E-state index contributed by atoms with van der Waals surface area (Å²) in [5, 5.41) is 0. The molecule has 0 aromatic rings. The first kappa shape index (κ1) is 18.8. The zero-order chi connectivity index (χ0) is 18.0. The van der Waals surface area contributed by atoms with Gasteiger partial charge >= 0.3 is 0 Å². The topological polar surface area (TPSA) is 72.6 Å². The number of carbonyl (C=O) groups is 2. The fraction of sp³-hybridized carbons (Fsp3) is 0.900. The highest BCUT2D eigenvalue weighted by molar-refractivity contribution is 5.96. The lowest BCUT2D eigenvalue weighted by Crippen LogP contribution is -2.59. The van der Waals surface area contributed by atoms with Crippen molar-refractivity contribution in [2.75, 3.05) is 13.2 Å². The number of likely N-dealkylation sites (tertiary alicyclic amines) is 1. The molecule has 0 aromatic heterocycles. The van der Waals surface area contributed by atoms with Crippen molar-refractivity contribution in [1.82, 2.24) is 4.90 Å². The molecule has 0 unspecified atom stereocenters. The first-order valence-electron chi connectivity index (χ1n) is 10.1. The van der Waals surface area contributed by atoms with Crippen LogP contribution in [0.15, 0.2) is 0 Å². The Morgan fingerprint density at radius 3 is 2.48 bits per heavy atom. The summed E-state index contributed by atoms with van der Waals surface area (Å²) in [6.45, 7) is 5.92. The van der Waals surface area contributed by atoms with Crippen molar-refractivity contribution < 1.29 is 14.3 Å². The number of amides is 1. The van der Waals surface area contributed by atoms with Gasteiger partial charge in [0.05, 0.1) is 24.7 Å². The lowest BCUT2D eigenvalue weighted by Gasteiger charge is -2.43. The number of Topliss-reactive ketones (excluding diaryl/α,β-unsaturated/α-hetero) is 1. The average Bonchev–Trinajstić information content (AvgIpc) is 2.57. The quantitative estimate of drug-likeness (QED) is 0.827. The van der Waals surface area contributed by atoms with E-state index in [-0.39, 0.29) is 29.7 Å². The van der Waals surface area contributed by atoms with E-state index in [0.717, 1.165) is 44.1 Å². The number of rotatable bonds is 5. The number of piperidine rings is 1. The van der Waals surface area contributed by atoms with E-state index in [1.807, 2.05) is 4.90 Å². The van der Waals surface area contributed by atoms with E-state index in [2.05, 4.69) is 13.8 Å². The highest BCUT2D eigenvalue weighted by Gasteiger charge is 2.40. The second kappa shape index (κ2) is 8.17. The molecular weight excluding hydrogens is 316 g/mol. The second-order valence-corrected chi connectivity index (χ2v) is 8.66. The molecular formula is C20H34N2O3. The zero-order valence-electron chi connectivity index (χ0n) is 15.8. The second-order valence-electron chi connectivity index (χ2n) is 8.66. The smallest absolute Gasteiger partial charge is 0.226 e. The van der Waals surface area contributed by atoms with Gasteiger partial charge < -0.3 is 15.4 Å². The van der Waals surface area contributed by atoms with E-state index < -0.39 is 0 Å². The summed E-state index contributed by atoms with van der Waals surface area (Å²) >= 11 is 0. The molecule has 2 aliphatic carbocycles. The zero-order valence-corrected chi connectivity index (χ0v) is 15.8. The van der Waals surface area contributed by atoms with E-state index in [1.165, 1.54) is 12.8 Å². The highest BCUT2D eigenvalue weighted by atomic mass is 16.5. The van der Waals surface area contributed by atoms with Crippen LogP contribution in [0.25, 0.3) is 0 Å². The van der Waals surface area contributed by atoms with Gasteiger partial charge in [-0.3, -0.25) is 9.59 Å². The first-order valence-corrected chi connectivity index (χ1v) is 10.1. The Balaban J connectivity index is 1.51. The molecule has 0 spiro atoms. The summed E-state index contributed by atoms with van der Waals surface area (Å²) in [6, 6.07) is -0.0414. The van der Waals surface area contributed by atoms with Gasteiger partial charge in [0.25, 0.3) is 0 Å². The Labute approximate surface area is 151 Å². The highest BCUT2D eigenvalue weighted by Crippen LogP contribution is 2.32. The molecule has 25 heavy (non-hydrogen) atoms. The van der Waals surface area contributed by atoms with E-state index in [4.69, 9.17) is 10.5 Å².